The first-order valence-electron chi connectivity index (χ1n) is 5.18. The van der Waals surface area contributed by atoms with E-state index in [-0.39, 0.29) is 5.82 Å². The van der Waals surface area contributed by atoms with E-state index >= 15 is 0 Å². The molecule has 1 fully saturated rings. The normalized spacial score (nSPS) is 16.6. The Labute approximate surface area is 98.8 Å². The first-order chi connectivity index (χ1) is 7.69. The van der Waals surface area contributed by atoms with Gasteiger partial charge in [-0.3, -0.25) is 0 Å². The molecule has 0 atom stereocenters. The lowest BCUT2D eigenvalue weighted by molar-refractivity contribution is 0.627. The highest BCUT2D eigenvalue weighted by Crippen LogP contribution is 2.47. The van der Waals surface area contributed by atoms with Crippen molar-refractivity contribution in [1.29, 1.82) is 5.26 Å². The molecule has 0 saturated heterocycles. The summed E-state index contributed by atoms with van der Waals surface area (Å²) in [5.41, 5.74) is 1.10. The molecule has 0 amide bonds. The quantitative estimate of drug-likeness (QED) is 0.873. The van der Waals surface area contributed by atoms with Crippen molar-refractivity contribution in [2.75, 3.05) is 18.1 Å². The van der Waals surface area contributed by atoms with E-state index in [1.807, 2.05) is 17.8 Å². The van der Waals surface area contributed by atoms with Crippen molar-refractivity contribution in [2.24, 2.45) is 0 Å². The highest BCUT2D eigenvalue weighted by molar-refractivity contribution is 8.00. The van der Waals surface area contributed by atoms with Gasteiger partial charge in [0.25, 0.3) is 0 Å². The van der Waals surface area contributed by atoms with E-state index in [1.54, 1.807) is 6.07 Å². The third kappa shape index (κ3) is 2.30. The Morgan fingerprint density at radius 1 is 1.56 bits per heavy atom. The molecule has 4 heteroatoms. The van der Waals surface area contributed by atoms with Crippen LogP contribution in [0.15, 0.2) is 18.2 Å². The molecule has 0 unspecified atom stereocenters. The van der Waals surface area contributed by atoms with Crippen LogP contribution in [0.1, 0.15) is 18.4 Å². The molecule has 2 nitrogen and oxygen atoms in total. The third-order valence-corrected chi connectivity index (χ3v) is 4.36. The minimum absolute atomic E-state index is 0.334. The van der Waals surface area contributed by atoms with Crippen LogP contribution in [0.25, 0.3) is 0 Å². The van der Waals surface area contributed by atoms with E-state index < -0.39 is 0 Å². The number of benzene rings is 1. The lowest BCUT2D eigenvalue weighted by atomic mass is 10.2. The molecule has 1 aliphatic carbocycles. The molecule has 1 aromatic rings. The fourth-order valence-electron chi connectivity index (χ4n) is 1.61. The van der Waals surface area contributed by atoms with E-state index in [1.165, 1.54) is 25.0 Å². The fraction of sp³-hybridized carbons (Fsp3) is 0.417. The second-order valence-electron chi connectivity index (χ2n) is 4.04. The number of thioether (sulfide) groups is 1. The van der Waals surface area contributed by atoms with E-state index in [0.717, 1.165) is 12.2 Å². The van der Waals surface area contributed by atoms with Gasteiger partial charge in [-0.25, -0.2) is 4.39 Å². The Morgan fingerprint density at radius 3 is 2.88 bits per heavy atom. The molecule has 0 radical (unpaired) electrons. The number of nitriles is 1. The summed E-state index contributed by atoms with van der Waals surface area (Å²) in [5, 5.41) is 12.1. The standard InChI is InChI=1S/C12H13FN2S/c1-16-12(4-5-12)8-15-11-3-2-10(13)6-9(11)7-14/h2-3,6,15H,4-5,8H2,1H3. The maximum atomic E-state index is 12.9. The van der Waals surface area contributed by atoms with Gasteiger partial charge in [-0.2, -0.15) is 17.0 Å². The first-order valence-corrected chi connectivity index (χ1v) is 6.40. The van der Waals surface area contributed by atoms with Gasteiger partial charge in [-0.15, -0.1) is 0 Å². The van der Waals surface area contributed by atoms with Crippen LogP contribution in [0.4, 0.5) is 10.1 Å². The van der Waals surface area contributed by atoms with Crippen LogP contribution < -0.4 is 5.32 Å². The Balaban J connectivity index is 2.07. The Bertz CT molecular complexity index is 435. The molecule has 2 rings (SSSR count). The van der Waals surface area contributed by atoms with Gasteiger partial charge in [-0.1, -0.05) is 0 Å². The first kappa shape index (κ1) is 11.3. The summed E-state index contributed by atoms with van der Waals surface area (Å²) in [6, 6.07) is 6.27. The van der Waals surface area contributed by atoms with Gasteiger partial charge in [-0.05, 0) is 37.3 Å². The third-order valence-electron chi connectivity index (χ3n) is 2.94. The van der Waals surface area contributed by atoms with Gasteiger partial charge >= 0.3 is 0 Å². The summed E-state index contributed by atoms with van der Waals surface area (Å²) >= 11 is 1.85. The molecule has 1 N–H and O–H groups in total. The maximum Gasteiger partial charge on any atom is 0.124 e. The molecule has 1 saturated carbocycles. The van der Waals surface area contributed by atoms with E-state index in [9.17, 15) is 4.39 Å². The van der Waals surface area contributed by atoms with Crippen LogP contribution in [0, 0.1) is 17.1 Å². The molecular weight excluding hydrogens is 223 g/mol. The Hall–Kier alpha value is -1.21. The smallest absolute Gasteiger partial charge is 0.124 e. The largest absolute Gasteiger partial charge is 0.383 e. The van der Waals surface area contributed by atoms with Gasteiger partial charge < -0.3 is 5.32 Å². The average molecular weight is 236 g/mol. The topological polar surface area (TPSA) is 35.8 Å². The number of hydrogen-bond acceptors (Lipinski definition) is 3. The van der Waals surface area contributed by atoms with Crippen LogP contribution in [0.5, 0.6) is 0 Å². The second-order valence-corrected chi connectivity index (χ2v) is 5.32. The van der Waals surface area contributed by atoms with Crippen molar-refractivity contribution in [3.05, 3.63) is 29.6 Å². The minimum Gasteiger partial charge on any atom is -0.383 e. The predicted octanol–water partition coefficient (Wildman–Crippen LogP) is 3.00. The zero-order chi connectivity index (χ0) is 11.6. The molecule has 16 heavy (non-hydrogen) atoms. The molecule has 84 valence electrons. The van der Waals surface area contributed by atoms with Crippen molar-refractivity contribution < 1.29 is 4.39 Å². The molecule has 0 aliphatic heterocycles. The highest BCUT2D eigenvalue weighted by Gasteiger charge is 2.41. The summed E-state index contributed by atoms with van der Waals surface area (Å²) in [7, 11) is 0. The molecule has 0 heterocycles. The van der Waals surface area contributed by atoms with Crippen molar-refractivity contribution in [3.63, 3.8) is 0 Å². The van der Waals surface area contributed by atoms with Crippen LogP contribution in [0.3, 0.4) is 0 Å². The van der Waals surface area contributed by atoms with Gasteiger partial charge in [0.15, 0.2) is 0 Å². The molecule has 0 bridgehead atoms. The predicted molar refractivity (Wildman–Crippen MR) is 65.1 cm³/mol. The molecular formula is C12H13FN2S. The summed E-state index contributed by atoms with van der Waals surface area (Å²) < 4.78 is 13.2. The molecule has 0 spiro atoms. The number of rotatable bonds is 4. The van der Waals surface area contributed by atoms with Crippen molar-refractivity contribution in [3.8, 4) is 6.07 Å². The second kappa shape index (κ2) is 4.34. The summed E-state index contributed by atoms with van der Waals surface area (Å²) in [5.74, 6) is -0.367. The zero-order valence-electron chi connectivity index (χ0n) is 9.09. The molecule has 1 aromatic carbocycles. The highest BCUT2D eigenvalue weighted by atomic mass is 32.2. The van der Waals surface area contributed by atoms with Crippen LogP contribution in [-0.2, 0) is 0 Å². The number of nitrogens with zero attached hydrogens (tertiary/aromatic N) is 1. The number of halogens is 1. The van der Waals surface area contributed by atoms with Crippen LogP contribution in [0.2, 0.25) is 0 Å². The van der Waals surface area contributed by atoms with Gasteiger partial charge in [0.05, 0.1) is 11.3 Å². The number of anilines is 1. The fourth-order valence-corrected chi connectivity index (χ4v) is 2.34. The average Bonchev–Trinajstić information content (AvgIpc) is 3.08. The van der Waals surface area contributed by atoms with Crippen molar-refractivity contribution in [1.82, 2.24) is 0 Å². The van der Waals surface area contributed by atoms with Crippen LogP contribution in [-0.4, -0.2) is 17.5 Å². The Morgan fingerprint density at radius 2 is 2.31 bits per heavy atom. The molecule has 0 aromatic heterocycles. The summed E-state index contributed by atoms with van der Waals surface area (Å²) in [6.45, 7) is 0.842. The van der Waals surface area contributed by atoms with Crippen LogP contribution >= 0.6 is 11.8 Å². The maximum absolute atomic E-state index is 12.9. The number of hydrogen-bond donors (Lipinski definition) is 1. The van der Waals surface area contributed by atoms with Gasteiger partial charge in [0.1, 0.15) is 11.9 Å². The van der Waals surface area contributed by atoms with Crippen molar-refractivity contribution >= 4 is 17.4 Å². The van der Waals surface area contributed by atoms with E-state index in [2.05, 4.69) is 11.6 Å². The number of nitrogens with one attached hydrogen (secondary N) is 1. The Kier molecular flexibility index (Phi) is 3.06. The van der Waals surface area contributed by atoms with E-state index in [4.69, 9.17) is 5.26 Å². The summed E-state index contributed by atoms with van der Waals surface area (Å²) in [4.78, 5) is 0. The monoisotopic (exact) mass is 236 g/mol. The lowest BCUT2D eigenvalue weighted by Crippen LogP contribution is -2.17. The van der Waals surface area contributed by atoms with Gasteiger partial charge in [0, 0.05) is 11.3 Å². The van der Waals surface area contributed by atoms with E-state index in [0.29, 0.717) is 10.3 Å². The lowest BCUT2D eigenvalue weighted by Gasteiger charge is -2.14. The van der Waals surface area contributed by atoms with Crippen molar-refractivity contribution in [2.45, 2.75) is 17.6 Å². The van der Waals surface area contributed by atoms with Gasteiger partial charge in [0.2, 0.25) is 0 Å². The molecule has 1 aliphatic rings. The minimum atomic E-state index is -0.367. The zero-order valence-corrected chi connectivity index (χ0v) is 9.90. The summed E-state index contributed by atoms with van der Waals surface area (Å²) in [6.07, 6.45) is 4.53. The SMILES string of the molecule is CSC1(CNc2ccc(F)cc2C#N)CC1.